The molecule has 1 aromatic rings. The van der Waals surface area contributed by atoms with Gasteiger partial charge in [0.15, 0.2) is 0 Å². The molecule has 0 saturated carbocycles. The molecule has 1 aromatic heterocycles. The summed E-state index contributed by atoms with van der Waals surface area (Å²) in [6.45, 7) is 10.1. The van der Waals surface area contributed by atoms with E-state index in [1.807, 2.05) is 19.3 Å². The van der Waals surface area contributed by atoms with E-state index in [0.717, 1.165) is 25.5 Å². The first kappa shape index (κ1) is 12.6. The molecule has 2 heterocycles. The van der Waals surface area contributed by atoms with Crippen molar-refractivity contribution in [3.8, 4) is 0 Å². The first-order valence-electron chi connectivity index (χ1n) is 6.70. The van der Waals surface area contributed by atoms with Crippen molar-refractivity contribution in [3.63, 3.8) is 0 Å². The summed E-state index contributed by atoms with van der Waals surface area (Å²) in [5.74, 6) is 1.10. The van der Waals surface area contributed by atoms with Crippen molar-refractivity contribution in [1.82, 2.24) is 19.8 Å². The lowest BCUT2D eigenvalue weighted by atomic mass is 10.3. The maximum atomic E-state index is 4.22. The Morgan fingerprint density at radius 3 is 2.82 bits per heavy atom. The first-order valence-corrected chi connectivity index (χ1v) is 6.70. The van der Waals surface area contributed by atoms with Gasteiger partial charge >= 0.3 is 0 Å². The van der Waals surface area contributed by atoms with Gasteiger partial charge in [-0.3, -0.25) is 4.90 Å². The molecule has 1 atom stereocenters. The molecule has 4 nitrogen and oxygen atoms in total. The maximum absolute atomic E-state index is 4.22. The van der Waals surface area contributed by atoms with Gasteiger partial charge in [0.1, 0.15) is 5.82 Å². The largest absolute Gasteiger partial charge is 0.334 e. The molecule has 96 valence electrons. The van der Waals surface area contributed by atoms with Crippen LogP contribution in [0, 0.1) is 6.92 Å². The van der Waals surface area contributed by atoms with Crippen LogP contribution in [0.3, 0.4) is 0 Å². The summed E-state index contributed by atoms with van der Waals surface area (Å²) < 4.78 is 2.19. The van der Waals surface area contributed by atoms with Crippen LogP contribution in [0.4, 0.5) is 0 Å². The Morgan fingerprint density at radius 2 is 2.18 bits per heavy atom. The van der Waals surface area contributed by atoms with Crippen molar-refractivity contribution in [3.05, 3.63) is 18.2 Å². The van der Waals surface area contributed by atoms with Crippen molar-refractivity contribution in [2.24, 2.45) is 0 Å². The predicted molar refractivity (Wildman–Crippen MR) is 70.1 cm³/mol. The number of nitrogens with zero attached hydrogens (tertiary/aromatic N) is 3. The monoisotopic (exact) mass is 236 g/mol. The van der Waals surface area contributed by atoms with E-state index in [4.69, 9.17) is 0 Å². The summed E-state index contributed by atoms with van der Waals surface area (Å²) in [6.07, 6.45) is 6.65. The summed E-state index contributed by atoms with van der Waals surface area (Å²) in [5.41, 5.74) is 0. The number of rotatable bonds is 6. The highest BCUT2D eigenvalue weighted by Crippen LogP contribution is 2.10. The Kier molecular flexibility index (Phi) is 4.57. The number of hydrogen-bond donors (Lipinski definition) is 1. The van der Waals surface area contributed by atoms with Gasteiger partial charge in [-0.25, -0.2) is 4.98 Å². The van der Waals surface area contributed by atoms with Gasteiger partial charge in [0, 0.05) is 38.1 Å². The topological polar surface area (TPSA) is 33.1 Å². The summed E-state index contributed by atoms with van der Waals surface area (Å²) in [5, 5.41) is 3.54. The minimum Gasteiger partial charge on any atom is -0.334 e. The SMILES string of the molecule is Cc1nccn1CCNCC(C)N1CCCC1. The lowest BCUT2D eigenvalue weighted by Crippen LogP contribution is -2.39. The third kappa shape index (κ3) is 3.54. The Hall–Kier alpha value is -0.870. The van der Waals surface area contributed by atoms with E-state index in [-0.39, 0.29) is 0 Å². The van der Waals surface area contributed by atoms with Crippen LogP contribution >= 0.6 is 0 Å². The standard InChI is InChI=1S/C13H24N4/c1-12(16-7-3-4-8-16)11-14-5-9-17-10-6-15-13(17)2/h6,10,12,14H,3-5,7-9,11H2,1-2H3. The van der Waals surface area contributed by atoms with Crippen molar-refractivity contribution >= 4 is 0 Å². The summed E-state index contributed by atoms with van der Waals surface area (Å²) in [6, 6.07) is 0.668. The molecule has 1 aliphatic rings. The Morgan fingerprint density at radius 1 is 1.41 bits per heavy atom. The first-order chi connectivity index (χ1) is 8.27. The molecule has 2 rings (SSSR count). The Balaban J connectivity index is 1.61. The van der Waals surface area contributed by atoms with Gasteiger partial charge in [0.05, 0.1) is 0 Å². The molecule has 1 saturated heterocycles. The van der Waals surface area contributed by atoms with E-state index in [2.05, 4.69) is 26.7 Å². The zero-order valence-corrected chi connectivity index (χ0v) is 11.0. The molecule has 17 heavy (non-hydrogen) atoms. The fourth-order valence-electron chi connectivity index (χ4n) is 2.46. The molecule has 0 aliphatic carbocycles. The molecule has 0 amide bonds. The molecule has 4 heteroatoms. The van der Waals surface area contributed by atoms with Gasteiger partial charge in [-0.05, 0) is 39.8 Å². The van der Waals surface area contributed by atoms with E-state index in [9.17, 15) is 0 Å². The van der Waals surface area contributed by atoms with Crippen molar-refractivity contribution in [1.29, 1.82) is 0 Å². The van der Waals surface area contributed by atoms with Crippen LogP contribution in [0.5, 0.6) is 0 Å². The zero-order valence-electron chi connectivity index (χ0n) is 11.0. The number of likely N-dealkylation sites (tertiary alicyclic amines) is 1. The van der Waals surface area contributed by atoms with Gasteiger partial charge in [-0.15, -0.1) is 0 Å². The second-order valence-electron chi connectivity index (χ2n) is 4.96. The van der Waals surface area contributed by atoms with E-state index < -0.39 is 0 Å². The molecule has 0 aromatic carbocycles. The van der Waals surface area contributed by atoms with Crippen LogP contribution in [0.2, 0.25) is 0 Å². The fraction of sp³-hybridized carbons (Fsp3) is 0.769. The minimum absolute atomic E-state index is 0.668. The van der Waals surface area contributed by atoms with Crippen molar-refractivity contribution in [2.75, 3.05) is 26.2 Å². The zero-order chi connectivity index (χ0) is 12.1. The van der Waals surface area contributed by atoms with E-state index in [0.29, 0.717) is 6.04 Å². The number of nitrogens with one attached hydrogen (secondary N) is 1. The number of aromatic nitrogens is 2. The van der Waals surface area contributed by atoms with Crippen LogP contribution in [-0.4, -0.2) is 46.7 Å². The van der Waals surface area contributed by atoms with Crippen LogP contribution in [0.15, 0.2) is 12.4 Å². The lowest BCUT2D eigenvalue weighted by molar-refractivity contribution is 0.251. The highest BCUT2D eigenvalue weighted by molar-refractivity contribution is 4.88. The number of imidazole rings is 1. The van der Waals surface area contributed by atoms with E-state index in [1.165, 1.54) is 25.9 Å². The predicted octanol–water partition coefficient (Wildman–Crippen LogP) is 1.27. The summed E-state index contributed by atoms with van der Waals surface area (Å²) in [7, 11) is 0. The summed E-state index contributed by atoms with van der Waals surface area (Å²) in [4.78, 5) is 6.80. The molecule has 0 bridgehead atoms. The maximum Gasteiger partial charge on any atom is 0.105 e. The van der Waals surface area contributed by atoms with Crippen molar-refractivity contribution in [2.45, 2.75) is 39.3 Å². The van der Waals surface area contributed by atoms with Crippen LogP contribution in [0.25, 0.3) is 0 Å². The van der Waals surface area contributed by atoms with Gasteiger partial charge < -0.3 is 9.88 Å². The van der Waals surface area contributed by atoms with Gasteiger partial charge in [-0.1, -0.05) is 0 Å². The molecule has 1 unspecified atom stereocenters. The average molecular weight is 236 g/mol. The smallest absolute Gasteiger partial charge is 0.105 e. The van der Waals surface area contributed by atoms with Crippen LogP contribution < -0.4 is 5.32 Å². The number of aryl methyl sites for hydroxylation is 1. The minimum atomic E-state index is 0.668. The Labute approximate surface area is 104 Å². The highest BCUT2D eigenvalue weighted by atomic mass is 15.2. The van der Waals surface area contributed by atoms with Gasteiger partial charge in [-0.2, -0.15) is 0 Å². The average Bonchev–Trinajstić information content (AvgIpc) is 2.96. The van der Waals surface area contributed by atoms with E-state index in [1.54, 1.807) is 0 Å². The molecule has 1 N–H and O–H groups in total. The molecule has 1 aliphatic heterocycles. The second-order valence-corrected chi connectivity index (χ2v) is 4.96. The van der Waals surface area contributed by atoms with Gasteiger partial charge in [0.25, 0.3) is 0 Å². The van der Waals surface area contributed by atoms with Crippen LogP contribution in [0.1, 0.15) is 25.6 Å². The fourth-order valence-corrected chi connectivity index (χ4v) is 2.46. The molecular formula is C13H24N4. The van der Waals surface area contributed by atoms with E-state index >= 15 is 0 Å². The summed E-state index contributed by atoms with van der Waals surface area (Å²) >= 11 is 0. The van der Waals surface area contributed by atoms with Crippen molar-refractivity contribution < 1.29 is 0 Å². The molecule has 1 fully saturated rings. The third-order valence-corrected chi connectivity index (χ3v) is 3.66. The molecule has 0 spiro atoms. The quantitative estimate of drug-likeness (QED) is 0.755. The molecular weight excluding hydrogens is 212 g/mol. The van der Waals surface area contributed by atoms with Gasteiger partial charge in [0.2, 0.25) is 0 Å². The third-order valence-electron chi connectivity index (χ3n) is 3.66. The normalized spacial score (nSPS) is 18.7. The van der Waals surface area contributed by atoms with Crippen LogP contribution in [-0.2, 0) is 6.54 Å². The second kappa shape index (κ2) is 6.17. The molecule has 0 radical (unpaired) electrons. The Bertz CT molecular complexity index is 328. The number of hydrogen-bond acceptors (Lipinski definition) is 3. The highest BCUT2D eigenvalue weighted by Gasteiger charge is 2.17. The lowest BCUT2D eigenvalue weighted by Gasteiger charge is -2.24.